The van der Waals surface area contributed by atoms with E-state index in [1.165, 1.54) is 6.92 Å². The SMILES string of the molecule is CC(=O)OCC(=O)N1CCNCC1.Cl.O=C(CO)N1CCN(C(=O)c2nn(CC(=O)N3CCC(Oc4ccccc4Cl)C4CC43)c3c2[C@@H]2C[C@@H]2C3)CC1.O=C(O)c1nn(CC(=O)N2CCC(Oc3ccccc3Cl)C3CC32)c2c1[C@@H]1C[C@@H]1C2. The molecule has 4 aliphatic heterocycles. The molecule has 4 aromatic rings. The molecule has 10 aliphatic rings. The normalized spacial score (nSPS) is 27.0. The van der Waals surface area contributed by atoms with Gasteiger partial charge in [0.05, 0.1) is 10.0 Å². The maximum Gasteiger partial charge on any atom is 0.356 e. The van der Waals surface area contributed by atoms with Gasteiger partial charge in [0.2, 0.25) is 17.7 Å². The van der Waals surface area contributed by atoms with Gasteiger partial charge in [0.15, 0.2) is 18.0 Å². The van der Waals surface area contributed by atoms with Gasteiger partial charge >= 0.3 is 11.9 Å². The number of carbonyl (C=O) groups is 7. The minimum absolute atomic E-state index is 0. The first-order valence-corrected chi connectivity index (χ1v) is 29.5. The van der Waals surface area contributed by atoms with Crippen LogP contribution in [0.15, 0.2) is 48.5 Å². The number of nitrogens with one attached hydrogen (secondary N) is 1. The predicted octanol–water partition coefficient (Wildman–Crippen LogP) is 3.91. The molecule has 25 heteroatoms. The van der Waals surface area contributed by atoms with Crippen molar-refractivity contribution in [3.05, 3.63) is 92.5 Å². The Morgan fingerprint density at radius 3 is 1.57 bits per heavy atom. The molecule has 6 unspecified atom stereocenters. The molecule has 0 radical (unpaired) electrons. The average Bonchev–Trinajstić information content (AvgIpc) is 3.53. The highest BCUT2D eigenvalue weighted by atomic mass is 35.5. The molecule has 22 nitrogen and oxygen atoms in total. The lowest BCUT2D eigenvalue weighted by molar-refractivity contribution is -0.150. The molecule has 4 saturated carbocycles. The second-order valence-electron chi connectivity index (χ2n) is 23.3. The quantitative estimate of drug-likeness (QED) is 0.161. The van der Waals surface area contributed by atoms with Crippen LogP contribution in [-0.4, -0.2) is 199 Å². The Labute approximate surface area is 496 Å². The number of carboxylic acid groups (broad SMARTS) is 1. The number of rotatable bonds is 13. The van der Waals surface area contributed by atoms with E-state index in [9.17, 15) is 38.7 Å². The van der Waals surface area contributed by atoms with Crippen LogP contribution >= 0.6 is 35.6 Å². The monoisotopic (exact) mass is 1200 g/mol. The topological polar surface area (TPSA) is 252 Å². The largest absolute Gasteiger partial charge is 0.488 e. The minimum atomic E-state index is -0.996. The van der Waals surface area contributed by atoms with E-state index in [1.807, 2.05) is 58.3 Å². The summed E-state index contributed by atoms with van der Waals surface area (Å²) in [6, 6.07) is 15.3. The van der Waals surface area contributed by atoms with E-state index in [1.54, 1.807) is 24.1 Å². The molecule has 8 fully saturated rings. The fourth-order valence-electron chi connectivity index (χ4n) is 13.5. The van der Waals surface area contributed by atoms with Gasteiger partial charge in [-0.1, -0.05) is 47.5 Å². The van der Waals surface area contributed by atoms with Crippen LogP contribution < -0.4 is 14.8 Å². The molecule has 2 aromatic carbocycles. The van der Waals surface area contributed by atoms with Crippen molar-refractivity contribution in [2.75, 3.05) is 78.7 Å². The number of amides is 5. The molecule has 2 aromatic heterocycles. The number of fused-ring (bicyclic) bond motifs is 8. The number of hydrogen-bond donors (Lipinski definition) is 3. The number of aromatic carboxylic acids is 1. The summed E-state index contributed by atoms with van der Waals surface area (Å²) >= 11 is 12.5. The molecule has 0 bridgehead atoms. The van der Waals surface area contributed by atoms with E-state index in [2.05, 4.69) is 15.2 Å². The van der Waals surface area contributed by atoms with Crippen molar-refractivity contribution >= 4 is 77.1 Å². The highest BCUT2D eigenvalue weighted by Gasteiger charge is 2.56. The van der Waals surface area contributed by atoms with Crippen LogP contribution in [0, 0.1) is 23.7 Å². The Bertz CT molecular complexity index is 3180. The number of nitrogens with zero attached hydrogens (tertiary/aromatic N) is 9. The van der Waals surface area contributed by atoms with Crippen molar-refractivity contribution in [3.63, 3.8) is 0 Å². The number of piperazine rings is 2. The van der Waals surface area contributed by atoms with Gasteiger partial charge < -0.3 is 54.2 Å². The van der Waals surface area contributed by atoms with Gasteiger partial charge in [-0.15, -0.1) is 12.4 Å². The number of hydrogen-bond acceptors (Lipinski definition) is 14. The Morgan fingerprint density at radius 1 is 0.614 bits per heavy atom. The van der Waals surface area contributed by atoms with E-state index in [0.717, 1.165) is 87.0 Å². The number of likely N-dealkylation sites (tertiary alicyclic amines) is 2. The van der Waals surface area contributed by atoms with Crippen molar-refractivity contribution in [2.24, 2.45) is 23.7 Å². The van der Waals surface area contributed by atoms with Crippen molar-refractivity contribution < 1.29 is 58.0 Å². The number of para-hydroxylation sites is 2. The van der Waals surface area contributed by atoms with Gasteiger partial charge in [-0.2, -0.15) is 10.2 Å². The summed E-state index contributed by atoms with van der Waals surface area (Å²) in [4.78, 5) is 94.1. The second-order valence-corrected chi connectivity index (χ2v) is 24.1. The number of carboxylic acids is 1. The summed E-state index contributed by atoms with van der Waals surface area (Å²) in [7, 11) is 0. The van der Waals surface area contributed by atoms with E-state index < -0.39 is 18.5 Å². The molecule has 83 heavy (non-hydrogen) atoms. The predicted molar refractivity (Wildman–Crippen MR) is 302 cm³/mol. The first-order chi connectivity index (χ1) is 39.6. The van der Waals surface area contributed by atoms with Crippen LogP contribution in [0.3, 0.4) is 0 Å². The number of piperidine rings is 2. The fraction of sp³-hybridized carbons (Fsp3) is 0.569. The van der Waals surface area contributed by atoms with Gasteiger partial charge in [0, 0.05) is 132 Å². The lowest BCUT2D eigenvalue weighted by atomic mass is 10.1. The van der Waals surface area contributed by atoms with E-state index in [4.69, 9.17) is 42.9 Å². The van der Waals surface area contributed by atoms with Crippen molar-refractivity contribution in [1.82, 2.24) is 49.4 Å². The lowest BCUT2D eigenvalue weighted by Gasteiger charge is -2.34. The van der Waals surface area contributed by atoms with Gasteiger partial charge in [-0.25, -0.2) is 4.79 Å². The maximum atomic E-state index is 13.5. The van der Waals surface area contributed by atoms with Crippen LogP contribution in [0.1, 0.15) is 101 Å². The molecule has 0 spiro atoms. The second kappa shape index (κ2) is 24.3. The lowest BCUT2D eigenvalue weighted by Crippen LogP contribution is -2.51. The third kappa shape index (κ3) is 12.3. The molecule has 6 aliphatic carbocycles. The van der Waals surface area contributed by atoms with Crippen molar-refractivity contribution in [1.29, 1.82) is 0 Å². The van der Waals surface area contributed by atoms with Crippen LogP contribution in [0.4, 0.5) is 0 Å². The highest BCUT2D eigenvalue weighted by Crippen LogP contribution is 2.58. The Balaban J connectivity index is 0.000000145. The van der Waals surface area contributed by atoms with Crippen LogP contribution in [-0.2, 0) is 54.6 Å². The minimum Gasteiger partial charge on any atom is -0.488 e. The highest BCUT2D eigenvalue weighted by molar-refractivity contribution is 6.32. The zero-order valence-electron chi connectivity index (χ0n) is 46.1. The first-order valence-electron chi connectivity index (χ1n) is 28.8. The number of halogens is 3. The number of benzene rings is 2. The number of ether oxygens (including phenoxy) is 3. The average molecular weight is 1200 g/mol. The summed E-state index contributed by atoms with van der Waals surface area (Å²) in [5.74, 6) is 1.91. The van der Waals surface area contributed by atoms with E-state index in [0.29, 0.717) is 115 Å². The first kappa shape index (κ1) is 58.3. The summed E-state index contributed by atoms with van der Waals surface area (Å²) < 4.78 is 20.4. The maximum absolute atomic E-state index is 13.5. The summed E-state index contributed by atoms with van der Waals surface area (Å²) in [5.41, 5.74) is 4.50. The molecule has 5 amide bonds. The smallest absolute Gasteiger partial charge is 0.356 e. The van der Waals surface area contributed by atoms with Gasteiger partial charge in [-0.05, 0) is 86.5 Å². The van der Waals surface area contributed by atoms with E-state index >= 15 is 0 Å². The third-order valence-corrected chi connectivity index (χ3v) is 18.8. The third-order valence-electron chi connectivity index (χ3n) is 18.1. The van der Waals surface area contributed by atoms with Crippen molar-refractivity contribution in [2.45, 2.75) is 108 Å². The number of esters is 1. The summed E-state index contributed by atoms with van der Waals surface area (Å²) in [6.45, 7) is 6.81. The zero-order valence-corrected chi connectivity index (χ0v) is 48.4. The number of carbonyl (C=O) groups excluding carboxylic acids is 6. The molecule has 4 saturated heterocycles. The van der Waals surface area contributed by atoms with Gasteiger partial charge in [-0.3, -0.25) is 38.1 Å². The molecule has 6 heterocycles. The number of aliphatic hydroxyl groups excluding tert-OH is 1. The van der Waals surface area contributed by atoms with Crippen LogP contribution in [0.2, 0.25) is 10.0 Å². The number of aromatic nitrogens is 4. The Kier molecular flexibility index (Phi) is 17.0. The molecule has 3 N–H and O–H groups in total. The Hall–Kier alpha value is -6.46. The van der Waals surface area contributed by atoms with Crippen molar-refractivity contribution in [3.8, 4) is 11.5 Å². The van der Waals surface area contributed by atoms with Crippen LogP contribution in [0.25, 0.3) is 0 Å². The van der Waals surface area contributed by atoms with E-state index in [-0.39, 0.29) is 91.6 Å². The molecular weight excluding hydrogens is 1140 g/mol. The fourth-order valence-corrected chi connectivity index (χ4v) is 13.9. The summed E-state index contributed by atoms with van der Waals surface area (Å²) in [5, 5.41) is 32.0. The standard InChI is InChI=1S/C28H32ClN5O5.C22H22ClN3O4.C8H14N2O3.ClH/c29-19-3-1-2-4-23(19)39-22-5-6-33(20-13-18(20)22)24(36)14-34-21-12-16-11-17(16)26(21)27(30-34)28(38)32-9-7-31(8-10-32)25(37)15-35;23-14-3-1-2-4-18(14)30-17-5-6-25(15-9-13(15)17)19(27)10-26-16-8-11-7-12(11)20(16)21(24-26)22(28)29;1-7(11)13-6-8(12)10-4-2-9-3-5-10;/h1-4,16-18,20,22,35H,5-15H2;1-4,11-13,15,17H,5-10H2,(H,28,29);9H,2-6H2,1H3;1H/t16-,17-,18?,20?,22?;11-,12-,13?,15?,17?;;/m11../s1. The van der Waals surface area contributed by atoms with Gasteiger partial charge in [0.25, 0.3) is 11.8 Å². The van der Waals surface area contributed by atoms with Crippen LogP contribution in [0.5, 0.6) is 11.5 Å². The molecule has 14 rings (SSSR count). The number of aliphatic hydroxyl groups is 1. The van der Waals surface area contributed by atoms with Gasteiger partial charge in [0.1, 0.15) is 43.4 Å². The Morgan fingerprint density at radius 2 is 1.08 bits per heavy atom. The molecule has 10 atom stereocenters. The summed E-state index contributed by atoms with van der Waals surface area (Å²) in [6.07, 6.45) is 7.34. The molecular formula is C58H69Cl3N10O12. The zero-order chi connectivity index (χ0) is 57.1. The molecule has 444 valence electrons.